The molecule has 2 N–H and O–H groups in total. The van der Waals surface area contributed by atoms with E-state index in [9.17, 15) is 32.1 Å². The van der Waals surface area contributed by atoms with Crippen molar-refractivity contribution in [3.63, 3.8) is 0 Å². The molecule has 0 amide bonds. The van der Waals surface area contributed by atoms with E-state index in [0.29, 0.717) is 82.4 Å². The number of fused-ring (bicyclic) bond motifs is 3. The van der Waals surface area contributed by atoms with Gasteiger partial charge in [-0.05, 0) is 101 Å². The number of nitrogens with zero attached hydrogens (tertiary/aromatic N) is 2. The minimum Gasteiger partial charge on any atom is -0.504 e. The molecule has 3 unspecified atom stereocenters. The number of alkyl halides is 3. The molecule has 14 nitrogen and oxygen atoms in total. The number of methoxy groups -OCH3 is 2. The number of esters is 2. The zero-order valence-electron chi connectivity index (χ0n) is 35.6. The van der Waals surface area contributed by atoms with Crippen LogP contribution in [0.5, 0.6) is 40.2 Å². The molecule has 0 aliphatic carbocycles. The molecule has 61 heavy (non-hydrogen) atoms. The molecule has 0 fully saturated rings. The normalized spacial score (nSPS) is 19.9. The summed E-state index contributed by atoms with van der Waals surface area (Å²) < 4.78 is 91.5. The van der Waals surface area contributed by atoms with Gasteiger partial charge in [-0.15, -0.1) is 0 Å². The van der Waals surface area contributed by atoms with Gasteiger partial charge in [0.05, 0.1) is 26.3 Å². The largest absolute Gasteiger partial charge is 0.508 e. The van der Waals surface area contributed by atoms with Crippen LogP contribution in [0.1, 0.15) is 76.0 Å². The van der Waals surface area contributed by atoms with E-state index in [1.54, 1.807) is 18.7 Å². The number of halogens is 3. The molecule has 3 aromatic rings. The van der Waals surface area contributed by atoms with Crippen LogP contribution in [-0.4, -0.2) is 109 Å². The maximum absolute atomic E-state index is 14.4. The lowest BCUT2D eigenvalue weighted by Gasteiger charge is -2.46. The van der Waals surface area contributed by atoms with Crippen molar-refractivity contribution in [2.45, 2.75) is 76.6 Å². The first kappa shape index (κ1) is 46.1. The van der Waals surface area contributed by atoms with Crippen LogP contribution in [0.2, 0.25) is 0 Å². The van der Waals surface area contributed by atoms with E-state index in [0.717, 1.165) is 16.7 Å². The number of hydrogen-bond donors (Lipinski definition) is 2. The number of rotatable bonds is 13. The van der Waals surface area contributed by atoms with Gasteiger partial charge in [-0.25, -0.2) is 9.00 Å². The third-order valence-corrected chi connectivity index (χ3v) is 12.7. The summed E-state index contributed by atoms with van der Waals surface area (Å²) in [6, 6.07) is 2.21. The van der Waals surface area contributed by atoms with E-state index in [1.165, 1.54) is 33.3 Å². The Morgan fingerprint density at radius 1 is 1.03 bits per heavy atom. The Balaban J connectivity index is 1.47. The van der Waals surface area contributed by atoms with Crippen LogP contribution in [-0.2, 0) is 38.2 Å². The summed E-state index contributed by atoms with van der Waals surface area (Å²) in [7, 11) is 6.65. The second-order valence-electron chi connectivity index (χ2n) is 15.3. The molecule has 3 heterocycles. The summed E-state index contributed by atoms with van der Waals surface area (Å²) in [6.07, 6.45) is 3.58. The van der Waals surface area contributed by atoms with Crippen LogP contribution < -0.4 is 33.2 Å². The van der Waals surface area contributed by atoms with Crippen LogP contribution in [0.15, 0.2) is 18.2 Å². The fraction of sp³-hybridized carbons (Fsp3) is 0.524. The molecule has 3 aliphatic heterocycles. The van der Waals surface area contributed by atoms with Gasteiger partial charge in [0, 0.05) is 47.5 Å². The van der Waals surface area contributed by atoms with Crippen LogP contribution in [0.4, 0.5) is 13.2 Å². The van der Waals surface area contributed by atoms with Crippen molar-refractivity contribution < 1.29 is 64.7 Å². The van der Waals surface area contributed by atoms with E-state index in [1.807, 2.05) is 34.2 Å². The summed E-state index contributed by atoms with van der Waals surface area (Å²) in [5.74, 6) is 0.388. The Morgan fingerprint density at radius 2 is 1.75 bits per heavy atom. The van der Waals surface area contributed by atoms with Crippen LogP contribution in [0.3, 0.4) is 0 Å². The first-order valence-corrected chi connectivity index (χ1v) is 22.1. The summed E-state index contributed by atoms with van der Waals surface area (Å²) >= 11 is -2.03. The minimum atomic E-state index is -5.12. The maximum Gasteiger partial charge on any atom is 0.508 e. The predicted octanol–water partition coefficient (Wildman–Crippen LogP) is 6.30. The quantitative estimate of drug-likeness (QED) is 0.146. The highest BCUT2D eigenvalue weighted by Gasteiger charge is 2.44. The maximum atomic E-state index is 14.4. The number of carbonyl (C=O) groups excluding carboxylic acids is 2. The van der Waals surface area contributed by atoms with Gasteiger partial charge in [-0.3, -0.25) is 9.69 Å². The van der Waals surface area contributed by atoms with Gasteiger partial charge in [0.15, 0.2) is 34.5 Å². The van der Waals surface area contributed by atoms with E-state index >= 15 is 0 Å². The topological polar surface area (TPSA) is 155 Å². The molecule has 3 aromatic carbocycles. The molecule has 0 radical (unpaired) electrons. The highest BCUT2D eigenvalue weighted by atomic mass is 32.2. The number of nitrogens with one attached hydrogen (secondary N) is 1. The monoisotopic (exact) mass is 895 g/mol. The number of hydrogen-bond acceptors (Lipinski definition) is 15. The summed E-state index contributed by atoms with van der Waals surface area (Å²) in [6.45, 7) is 7.27. The van der Waals surface area contributed by atoms with Crippen molar-refractivity contribution in [3.8, 4) is 40.2 Å². The Bertz CT molecular complexity index is 2190. The third-order valence-electron chi connectivity index (χ3n) is 11.3. The van der Waals surface area contributed by atoms with E-state index < -0.39 is 46.7 Å². The zero-order valence-corrected chi connectivity index (χ0v) is 37.2. The van der Waals surface area contributed by atoms with Crippen LogP contribution in [0, 0.1) is 20.8 Å². The summed E-state index contributed by atoms with van der Waals surface area (Å²) in [5.41, 5.74) is 0.0502. The van der Waals surface area contributed by atoms with Gasteiger partial charge in [-0.1, -0.05) is 6.07 Å². The molecule has 0 bridgehead atoms. The molecule has 0 spiro atoms. The van der Waals surface area contributed by atoms with Gasteiger partial charge in [0.2, 0.25) is 6.79 Å². The highest BCUT2D eigenvalue weighted by molar-refractivity contribution is 7.98. The second-order valence-corrected chi connectivity index (χ2v) is 17.3. The number of benzene rings is 3. The Kier molecular flexibility index (Phi) is 14.3. The number of ether oxygens (including phenoxy) is 6. The van der Waals surface area contributed by atoms with Crippen molar-refractivity contribution in [3.05, 3.63) is 62.7 Å². The molecule has 0 saturated carbocycles. The number of phenolic OH excluding ortho intramolecular Hbond substituents is 1. The number of aryl methyl sites for hydroxylation is 2. The van der Waals surface area contributed by atoms with E-state index in [4.69, 9.17) is 32.6 Å². The SMILES string of the molecule is COc1cc2c(cc1OS(=O)C(F)(F)F)CCNC2C(=O)OC[C@@H](c1c(C)c(OC(C)=O)c(C)c2c1OCO2)N1CCCc2cc(C)c(OC)c(O)c2[C@@H](N(C)C)C1CSC. The van der Waals surface area contributed by atoms with Crippen LogP contribution in [0.25, 0.3) is 0 Å². The molecule has 3 aliphatic rings. The van der Waals surface area contributed by atoms with Gasteiger partial charge < -0.3 is 47.9 Å². The van der Waals surface area contributed by atoms with Gasteiger partial charge in [0.25, 0.3) is 0 Å². The summed E-state index contributed by atoms with van der Waals surface area (Å²) in [5, 5.41) is 15.1. The van der Waals surface area contributed by atoms with Crippen molar-refractivity contribution in [1.29, 1.82) is 0 Å². The smallest absolute Gasteiger partial charge is 0.504 e. The van der Waals surface area contributed by atoms with Crippen molar-refractivity contribution in [1.82, 2.24) is 15.1 Å². The zero-order chi connectivity index (χ0) is 44.5. The van der Waals surface area contributed by atoms with E-state index in [2.05, 4.69) is 21.2 Å². The average molecular weight is 896 g/mol. The van der Waals surface area contributed by atoms with Crippen molar-refractivity contribution in [2.24, 2.45) is 0 Å². The molecule has 334 valence electrons. The van der Waals surface area contributed by atoms with Gasteiger partial charge >= 0.3 is 28.5 Å². The first-order chi connectivity index (χ1) is 28.9. The van der Waals surface area contributed by atoms with Crippen molar-refractivity contribution in [2.75, 3.05) is 66.8 Å². The van der Waals surface area contributed by atoms with Gasteiger partial charge in [-0.2, -0.15) is 24.9 Å². The molecular formula is C42H52F3N3O11S2. The lowest BCUT2D eigenvalue weighted by Crippen LogP contribution is -2.50. The average Bonchev–Trinajstić information content (AvgIpc) is 3.68. The molecular weight excluding hydrogens is 844 g/mol. The Morgan fingerprint density at radius 3 is 2.39 bits per heavy atom. The molecule has 0 saturated heterocycles. The number of aromatic hydroxyl groups is 1. The molecule has 5 atom stereocenters. The Labute approximate surface area is 359 Å². The van der Waals surface area contributed by atoms with E-state index in [-0.39, 0.29) is 43.2 Å². The molecule has 6 rings (SSSR count). The number of carbonyl (C=O) groups is 2. The van der Waals surface area contributed by atoms with Crippen molar-refractivity contribution >= 4 is 34.8 Å². The molecule has 19 heteroatoms. The molecule has 0 aromatic heterocycles. The highest BCUT2D eigenvalue weighted by Crippen LogP contribution is 2.52. The lowest BCUT2D eigenvalue weighted by atomic mass is 9.85. The number of likely N-dealkylation sites (N-methyl/N-ethyl adjacent to an activating group) is 1. The number of thioether (sulfide) groups is 1. The Hall–Kier alpha value is -4.43. The standard InChI is InChI=1S/C42H52F3N3O11S2/c1-21-15-26-11-10-14-48(29(19-60-9)35(47(5)6)33(26)36(50)37(21)54-8)28(32-22(2)38(58-24(4)49)23(3)39-40(32)57-20-56-39)18-55-41(51)34-27-17-30(53-7)31(16-25(27)12-13-46-34)59-61(52)42(43,44)45/h15-17,28-29,34-35,46,50H,10-14,18-20H2,1-9H3/t28-,29?,34?,35-,61?/m0/s1. The fourth-order valence-corrected chi connectivity index (χ4v) is 9.95. The van der Waals surface area contributed by atoms with Gasteiger partial charge in [0.1, 0.15) is 18.4 Å². The van der Waals surface area contributed by atoms with Crippen LogP contribution >= 0.6 is 11.8 Å². The second kappa shape index (κ2) is 18.9. The summed E-state index contributed by atoms with van der Waals surface area (Å²) in [4.78, 5) is 31.2. The predicted molar refractivity (Wildman–Crippen MR) is 222 cm³/mol. The number of phenols is 1. The minimum absolute atomic E-state index is 0.0593. The third kappa shape index (κ3) is 9.21. The fourth-order valence-electron chi connectivity index (χ4n) is 8.85. The lowest BCUT2D eigenvalue weighted by molar-refractivity contribution is -0.149. The first-order valence-electron chi connectivity index (χ1n) is 19.6.